The van der Waals surface area contributed by atoms with Crippen molar-refractivity contribution in [2.45, 2.75) is 58.1 Å². The van der Waals surface area contributed by atoms with Gasteiger partial charge in [0.25, 0.3) is 11.8 Å². The van der Waals surface area contributed by atoms with Gasteiger partial charge in [0.15, 0.2) is 5.11 Å². The maximum absolute atomic E-state index is 12.8. The van der Waals surface area contributed by atoms with Crippen LogP contribution >= 0.6 is 39.7 Å². The molecule has 0 radical (unpaired) electrons. The van der Waals surface area contributed by atoms with Gasteiger partial charge in [-0.05, 0) is 75.3 Å². The summed E-state index contributed by atoms with van der Waals surface area (Å²) in [5, 5.41) is 9.13. The van der Waals surface area contributed by atoms with Crippen molar-refractivity contribution in [1.82, 2.24) is 10.6 Å². The Morgan fingerprint density at radius 2 is 1.79 bits per heavy atom. The van der Waals surface area contributed by atoms with Crippen LogP contribution in [0.3, 0.4) is 0 Å². The zero-order chi connectivity index (χ0) is 24.0. The van der Waals surface area contributed by atoms with E-state index in [0.717, 1.165) is 30.2 Å². The highest BCUT2D eigenvalue weighted by atomic mass is 79.9. The van der Waals surface area contributed by atoms with E-state index in [-0.39, 0.29) is 23.2 Å². The number of amides is 2. The molecule has 2 amide bonds. The average molecular weight is 553 g/mol. The Morgan fingerprint density at radius 1 is 1.06 bits per heavy atom. The van der Waals surface area contributed by atoms with Crippen LogP contribution in [0.15, 0.2) is 40.9 Å². The molecule has 176 valence electrons. The van der Waals surface area contributed by atoms with Gasteiger partial charge in [0.1, 0.15) is 5.75 Å². The van der Waals surface area contributed by atoms with E-state index < -0.39 is 5.91 Å². The molecular weight excluding hydrogens is 526 g/mol. The second-order valence-electron chi connectivity index (χ2n) is 8.22. The highest BCUT2D eigenvalue weighted by Gasteiger charge is 2.19. The lowest BCUT2D eigenvalue weighted by Crippen LogP contribution is -2.36. The van der Waals surface area contributed by atoms with Crippen molar-refractivity contribution in [2.75, 3.05) is 5.32 Å². The summed E-state index contributed by atoms with van der Waals surface area (Å²) in [7, 11) is 0. The van der Waals surface area contributed by atoms with Crippen LogP contribution in [0.5, 0.6) is 5.75 Å². The average Bonchev–Trinajstić information content (AvgIpc) is 2.76. The molecule has 0 atom stereocenters. The molecule has 1 fully saturated rings. The molecule has 2 aromatic carbocycles. The summed E-state index contributed by atoms with van der Waals surface area (Å²) in [6.45, 7) is 3.77. The number of anilines is 1. The van der Waals surface area contributed by atoms with Gasteiger partial charge < -0.3 is 15.4 Å². The van der Waals surface area contributed by atoms with Crippen molar-refractivity contribution < 1.29 is 14.3 Å². The van der Waals surface area contributed by atoms with Crippen molar-refractivity contribution >= 4 is 62.4 Å². The fraction of sp³-hybridized carbons (Fsp3) is 0.375. The standard InChI is InChI=1S/C24H27BrClN3O3S/c1-14(2)32-21-11-8-15(25)12-19(21)23(31)29-24(33)28-17-9-10-20(26)18(13-17)22(30)27-16-6-4-3-5-7-16/h8-14,16H,3-7H2,1-2H3,(H,27,30)(H2,28,29,31,33). The zero-order valence-corrected chi connectivity index (χ0v) is 21.7. The van der Waals surface area contributed by atoms with Gasteiger partial charge in [-0.3, -0.25) is 14.9 Å². The van der Waals surface area contributed by atoms with Gasteiger partial charge in [0.2, 0.25) is 0 Å². The Hall–Kier alpha value is -2.16. The van der Waals surface area contributed by atoms with Crippen LogP contribution in [-0.2, 0) is 0 Å². The molecule has 33 heavy (non-hydrogen) atoms. The van der Waals surface area contributed by atoms with Crippen LogP contribution < -0.4 is 20.7 Å². The first-order valence-corrected chi connectivity index (χ1v) is 12.5. The third-order valence-corrected chi connectivity index (χ3v) is 6.21. The van der Waals surface area contributed by atoms with Crippen LogP contribution in [0.25, 0.3) is 0 Å². The number of carbonyl (C=O) groups is 2. The number of carbonyl (C=O) groups excluding carboxylic acids is 2. The van der Waals surface area contributed by atoms with E-state index in [0.29, 0.717) is 27.6 Å². The summed E-state index contributed by atoms with van der Waals surface area (Å²) in [6, 6.07) is 10.3. The Bertz CT molecular complexity index is 1040. The highest BCUT2D eigenvalue weighted by Crippen LogP contribution is 2.25. The number of hydrogen-bond donors (Lipinski definition) is 3. The number of rotatable bonds is 6. The molecule has 0 aliphatic heterocycles. The van der Waals surface area contributed by atoms with Crippen LogP contribution in [0.4, 0.5) is 5.69 Å². The van der Waals surface area contributed by atoms with E-state index in [9.17, 15) is 9.59 Å². The molecule has 9 heteroatoms. The van der Waals surface area contributed by atoms with E-state index in [1.807, 2.05) is 13.8 Å². The summed E-state index contributed by atoms with van der Waals surface area (Å²) in [4.78, 5) is 25.6. The van der Waals surface area contributed by atoms with Crippen molar-refractivity contribution in [3.8, 4) is 5.75 Å². The molecule has 0 aromatic heterocycles. The molecule has 3 rings (SSSR count). The maximum Gasteiger partial charge on any atom is 0.261 e. The summed E-state index contributed by atoms with van der Waals surface area (Å²) < 4.78 is 6.48. The lowest BCUT2D eigenvalue weighted by atomic mass is 9.95. The van der Waals surface area contributed by atoms with Crippen molar-refractivity contribution in [3.05, 3.63) is 57.0 Å². The van der Waals surface area contributed by atoms with Crippen LogP contribution in [0.1, 0.15) is 66.7 Å². The smallest absolute Gasteiger partial charge is 0.261 e. The van der Waals surface area contributed by atoms with Gasteiger partial charge in [-0.25, -0.2) is 0 Å². The molecule has 0 unspecified atom stereocenters. The molecule has 0 spiro atoms. The predicted molar refractivity (Wildman–Crippen MR) is 139 cm³/mol. The van der Waals surface area contributed by atoms with Crippen LogP contribution in [-0.4, -0.2) is 29.1 Å². The van der Waals surface area contributed by atoms with Gasteiger partial charge in [-0.2, -0.15) is 0 Å². The molecule has 3 N–H and O–H groups in total. The van der Waals surface area contributed by atoms with Gasteiger partial charge in [0.05, 0.1) is 22.3 Å². The van der Waals surface area contributed by atoms with Gasteiger partial charge in [-0.1, -0.05) is 46.8 Å². The first-order valence-electron chi connectivity index (χ1n) is 10.9. The summed E-state index contributed by atoms with van der Waals surface area (Å²) in [6.07, 6.45) is 5.33. The second kappa shape index (κ2) is 11.8. The molecule has 1 aliphatic carbocycles. The number of benzene rings is 2. The number of halogens is 2. The summed E-state index contributed by atoms with van der Waals surface area (Å²) in [5.74, 6) is -0.162. The molecule has 6 nitrogen and oxygen atoms in total. The summed E-state index contributed by atoms with van der Waals surface area (Å²) >= 11 is 15.0. The number of thiocarbonyl (C=S) groups is 1. The van der Waals surface area contributed by atoms with E-state index in [1.54, 1.807) is 36.4 Å². The predicted octanol–water partition coefficient (Wildman–Crippen LogP) is 6.08. The monoisotopic (exact) mass is 551 g/mol. The van der Waals surface area contributed by atoms with Gasteiger partial charge in [-0.15, -0.1) is 0 Å². The van der Waals surface area contributed by atoms with E-state index >= 15 is 0 Å². The largest absolute Gasteiger partial charge is 0.490 e. The first kappa shape index (κ1) is 25.5. The number of nitrogens with one attached hydrogen (secondary N) is 3. The van der Waals surface area contributed by atoms with E-state index in [2.05, 4.69) is 31.9 Å². The molecule has 2 aromatic rings. The topological polar surface area (TPSA) is 79.5 Å². The Labute approximate surface area is 212 Å². The van der Waals surface area contributed by atoms with Crippen LogP contribution in [0.2, 0.25) is 5.02 Å². The van der Waals surface area contributed by atoms with Crippen LogP contribution in [0, 0.1) is 0 Å². The minimum atomic E-state index is -0.409. The Kier molecular flexibility index (Phi) is 9.11. The SMILES string of the molecule is CC(C)Oc1ccc(Br)cc1C(=O)NC(=S)Nc1ccc(Cl)c(C(=O)NC2CCCCC2)c1. The minimum Gasteiger partial charge on any atom is -0.490 e. The van der Waals surface area contributed by atoms with Crippen molar-refractivity contribution in [3.63, 3.8) is 0 Å². The third-order valence-electron chi connectivity index (χ3n) is 5.19. The fourth-order valence-corrected chi connectivity index (χ4v) is 4.43. The van der Waals surface area contributed by atoms with E-state index in [1.165, 1.54) is 6.42 Å². The van der Waals surface area contributed by atoms with Gasteiger partial charge >= 0.3 is 0 Å². The number of ether oxygens (including phenoxy) is 1. The number of hydrogen-bond acceptors (Lipinski definition) is 4. The van der Waals surface area contributed by atoms with Crippen molar-refractivity contribution in [1.29, 1.82) is 0 Å². The zero-order valence-electron chi connectivity index (χ0n) is 18.5. The summed E-state index contributed by atoms with van der Waals surface area (Å²) in [5.41, 5.74) is 1.26. The maximum atomic E-state index is 12.8. The normalized spacial score (nSPS) is 14.0. The Balaban J connectivity index is 1.67. The quantitative estimate of drug-likeness (QED) is 0.379. The third kappa shape index (κ3) is 7.42. The highest BCUT2D eigenvalue weighted by molar-refractivity contribution is 9.10. The molecule has 1 saturated carbocycles. The van der Waals surface area contributed by atoms with Gasteiger partial charge in [0, 0.05) is 16.2 Å². The fourth-order valence-electron chi connectivity index (χ4n) is 3.66. The lowest BCUT2D eigenvalue weighted by Gasteiger charge is -2.23. The molecule has 0 bridgehead atoms. The Morgan fingerprint density at radius 3 is 2.48 bits per heavy atom. The van der Waals surface area contributed by atoms with Crippen molar-refractivity contribution in [2.24, 2.45) is 0 Å². The lowest BCUT2D eigenvalue weighted by molar-refractivity contribution is 0.0926. The minimum absolute atomic E-state index is 0.0879. The first-order chi connectivity index (χ1) is 15.7. The molecule has 0 heterocycles. The molecule has 0 saturated heterocycles. The van der Waals surface area contributed by atoms with E-state index in [4.69, 9.17) is 28.6 Å². The second-order valence-corrected chi connectivity index (χ2v) is 9.95. The molecular formula is C24H27BrClN3O3S. The molecule has 1 aliphatic rings.